The molecule has 1 aliphatic rings. The molecular weight excluding hydrogens is 383 g/mol. The maximum absolute atomic E-state index is 12.1. The summed E-state index contributed by atoms with van der Waals surface area (Å²) in [4.78, 5) is 12.1. The molecule has 0 amide bonds. The van der Waals surface area contributed by atoms with E-state index in [1.807, 2.05) is 24.3 Å². The second kappa shape index (κ2) is 5.55. The van der Waals surface area contributed by atoms with Gasteiger partial charge in [0.25, 0.3) is 0 Å². The molecular formula is C16H13IO4. The Labute approximate surface area is 136 Å². The SMILES string of the molecule is COc1cccc([C@H]2OC(=O)c3cccc(OC)c32)c1I. The molecule has 1 aliphatic heterocycles. The van der Waals surface area contributed by atoms with Crippen LogP contribution in [0.4, 0.5) is 0 Å². The van der Waals surface area contributed by atoms with Gasteiger partial charge in [0.2, 0.25) is 0 Å². The highest BCUT2D eigenvalue weighted by molar-refractivity contribution is 14.1. The molecule has 0 bridgehead atoms. The number of fused-ring (bicyclic) bond motifs is 1. The molecule has 0 radical (unpaired) electrons. The Bertz CT molecular complexity index is 711. The summed E-state index contributed by atoms with van der Waals surface area (Å²) in [5.41, 5.74) is 2.22. The van der Waals surface area contributed by atoms with Gasteiger partial charge in [-0.1, -0.05) is 18.2 Å². The minimum absolute atomic E-state index is 0.326. The van der Waals surface area contributed by atoms with Crippen LogP contribution in [-0.4, -0.2) is 20.2 Å². The van der Waals surface area contributed by atoms with E-state index in [9.17, 15) is 4.79 Å². The third-order valence-electron chi connectivity index (χ3n) is 3.49. The largest absolute Gasteiger partial charge is 0.496 e. The van der Waals surface area contributed by atoms with Crippen LogP contribution in [-0.2, 0) is 4.74 Å². The van der Waals surface area contributed by atoms with Crippen molar-refractivity contribution in [3.05, 3.63) is 56.7 Å². The Morgan fingerprint density at radius 3 is 2.43 bits per heavy atom. The van der Waals surface area contributed by atoms with Crippen LogP contribution in [0.3, 0.4) is 0 Å². The van der Waals surface area contributed by atoms with E-state index in [1.54, 1.807) is 26.4 Å². The molecule has 1 heterocycles. The minimum Gasteiger partial charge on any atom is -0.496 e. The molecule has 0 aromatic heterocycles. The normalized spacial score (nSPS) is 16.3. The number of esters is 1. The molecule has 5 heteroatoms. The Balaban J connectivity index is 2.18. The van der Waals surface area contributed by atoms with Crippen LogP contribution >= 0.6 is 22.6 Å². The van der Waals surface area contributed by atoms with Crippen molar-refractivity contribution >= 4 is 28.6 Å². The Hall–Kier alpha value is -1.76. The van der Waals surface area contributed by atoms with Gasteiger partial charge in [-0.2, -0.15) is 0 Å². The summed E-state index contributed by atoms with van der Waals surface area (Å²) in [5.74, 6) is 1.09. The molecule has 0 saturated carbocycles. The number of halogens is 1. The fraction of sp³-hybridized carbons (Fsp3) is 0.188. The third-order valence-corrected chi connectivity index (χ3v) is 4.64. The lowest BCUT2D eigenvalue weighted by Gasteiger charge is -2.16. The van der Waals surface area contributed by atoms with Crippen LogP contribution in [0.15, 0.2) is 36.4 Å². The number of cyclic esters (lactones) is 1. The second-order valence-corrected chi connectivity index (χ2v) is 5.65. The van der Waals surface area contributed by atoms with E-state index in [0.29, 0.717) is 11.3 Å². The molecule has 0 aliphatic carbocycles. The van der Waals surface area contributed by atoms with Crippen molar-refractivity contribution in [2.75, 3.05) is 14.2 Å². The van der Waals surface area contributed by atoms with Gasteiger partial charge in [0.1, 0.15) is 11.5 Å². The molecule has 3 rings (SSSR count). The van der Waals surface area contributed by atoms with Gasteiger partial charge in [-0.3, -0.25) is 0 Å². The van der Waals surface area contributed by atoms with Gasteiger partial charge in [0.15, 0.2) is 6.10 Å². The summed E-state index contributed by atoms with van der Waals surface area (Å²) in [7, 11) is 3.21. The quantitative estimate of drug-likeness (QED) is 0.588. The van der Waals surface area contributed by atoms with E-state index in [-0.39, 0.29) is 5.97 Å². The minimum atomic E-state index is -0.467. The van der Waals surface area contributed by atoms with E-state index >= 15 is 0 Å². The van der Waals surface area contributed by atoms with Crippen LogP contribution in [0.25, 0.3) is 0 Å². The van der Waals surface area contributed by atoms with E-state index in [2.05, 4.69) is 22.6 Å². The van der Waals surface area contributed by atoms with Gasteiger partial charge in [-0.25, -0.2) is 4.79 Å². The van der Waals surface area contributed by atoms with Crippen molar-refractivity contribution < 1.29 is 19.0 Å². The fourth-order valence-electron chi connectivity index (χ4n) is 2.51. The topological polar surface area (TPSA) is 44.8 Å². The molecule has 0 unspecified atom stereocenters. The summed E-state index contributed by atoms with van der Waals surface area (Å²) >= 11 is 2.20. The number of ether oxygens (including phenoxy) is 3. The molecule has 0 fully saturated rings. The van der Waals surface area contributed by atoms with Gasteiger partial charge >= 0.3 is 5.97 Å². The van der Waals surface area contributed by atoms with Crippen LogP contribution in [0.1, 0.15) is 27.6 Å². The van der Waals surface area contributed by atoms with Crippen LogP contribution < -0.4 is 9.47 Å². The molecule has 0 N–H and O–H groups in total. The zero-order chi connectivity index (χ0) is 15.0. The first kappa shape index (κ1) is 14.2. The standard InChI is InChI=1S/C16H13IO4/c1-19-11-7-3-5-9-13(11)15(21-16(9)18)10-6-4-8-12(20-2)14(10)17/h3-8,15H,1-2H3/t15-/m1/s1. The smallest absolute Gasteiger partial charge is 0.339 e. The van der Waals surface area contributed by atoms with Gasteiger partial charge < -0.3 is 14.2 Å². The monoisotopic (exact) mass is 396 g/mol. The first-order chi connectivity index (χ1) is 10.2. The lowest BCUT2D eigenvalue weighted by atomic mass is 9.98. The van der Waals surface area contributed by atoms with Gasteiger partial charge in [-0.15, -0.1) is 0 Å². The highest BCUT2D eigenvalue weighted by Crippen LogP contribution is 2.43. The average molecular weight is 396 g/mol. The van der Waals surface area contributed by atoms with Crippen molar-refractivity contribution in [2.45, 2.75) is 6.10 Å². The predicted octanol–water partition coefficient (Wildman–Crippen LogP) is 3.57. The number of hydrogen-bond donors (Lipinski definition) is 0. The fourth-order valence-corrected chi connectivity index (χ4v) is 3.37. The lowest BCUT2D eigenvalue weighted by Crippen LogP contribution is -2.05. The number of benzene rings is 2. The molecule has 0 spiro atoms. The molecule has 21 heavy (non-hydrogen) atoms. The molecule has 4 nitrogen and oxygen atoms in total. The highest BCUT2D eigenvalue weighted by atomic mass is 127. The highest BCUT2D eigenvalue weighted by Gasteiger charge is 2.36. The first-order valence-corrected chi connectivity index (χ1v) is 7.45. The zero-order valence-corrected chi connectivity index (χ0v) is 13.7. The van der Waals surface area contributed by atoms with Crippen molar-refractivity contribution in [1.29, 1.82) is 0 Å². The zero-order valence-electron chi connectivity index (χ0n) is 11.6. The summed E-state index contributed by atoms with van der Waals surface area (Å²) in [5, 5.41) is 0. The van der Waals surface area contributed by atoms with Crippen molar-refractivity contribution in [1.82, 2.24) is 0 Å². The van der Waals surface area contributed by atoms with Crippen LogP contribution in [0.5, 0.6) is 11.5 Å². The van der Waals surface area contributed by atoms with Crippen molar-refractivity contribution in [3.63, 3.8) is 0 Å². The predicted molar refractivity (Wildman–Crippen MR) is 86.0 cm³/mol. The maximum atomic E-state index is 12.1. The lowest BCUT2D eigenvalue weighted by molar-refractivity contribution is 0.0452. The number of methoxy groups -OCH3 is 2. The second-order valence-electron chi connectivity index (χ2n) is 4.57. The number of rotatable bonds is 3. The van der Waals surface area contributed by atoms with Crippen LogP contribution in [0, 0.1) is 3.57 Å². The summed E-state index contributed by atoms with van der Waals surface area (Å²) < 4.78 is 17.2. The van der Waals surface area contributed by atoms with Crippen molar-refractivity contribution in [2.24, 2.45) is 0 Å². The Kier molecular flexibility index (Phi) is 3.75. The summed E-state index contributed by atoms with van der Waals surface area (Å²) in [6.45, 7) is 0. The first-order valence-electron chi connectivity index (χ1n) is 6.37. The Morgan fingerprint density at radius 2 is 1.71 bits per heavy atom. The molecule has 108 valence electrons. The van der Waals surface area contributed by atoms with Crippen molar-refractivity contribution in [3.8, 4) is 11.5 Å². The summed E-state index contributed by atoms with van der Waals surface area (Å²) in [6.07, 6.45) is -0.467. The molecule has 2 aromatic carbocycles. The third kappa shape index (κ3) is 2.25. The number of hydrogen-bond acceptors (Lipinski definition) is 4. The van der Waals surface area contributed by atoms with Gasteiger partial charge in [-0.05, 0) is 40.8 Å². The summed E-state index contributed by atoms with van der Waals surface area (Å²) in [6, 6.07) is 11.1. The average Bonchev–Trinajstić information content (AvgIpc) is 2.85. The molecule has 2 aromatic rings. The van der Waals surface area contributed by atoms with Crippen LogP contribution in [0.2, 0.25) is 0 Å². The van der Waals surface area contributed by atoms with Gasteiger partial charge in [0.05, 0.1) is 28.9 Å². The van der Waals surface area contributed by atoms with E-state index in [4.69, 9.17) is 14.2 Å². The van der Waals surface area contributed by atoms with E-state index in [0.717, 1.165) is 20.4 Å². The molecule has 1 atom stereocenters. The van der Waals surface area contributed by atoms with E-state index < -0.39 is 6.10 Å². The number of carbonyl (C=O) groups excluding carboxylic acids is 1. The van der Waals surface area contributed by atoms with Gasteiger partial charge in [0, 0.05) is 5.56 Å². The number of carbonyl (C=O) groups is 1. The maximum Gasteiger partial charge on any atom is 0.339 e. The van der Waals surface area contributed by atoms with E-state index in [1.165, 1.54) is 0 Å². The Morgan fingerprint density at radius 1 is 1.05 bits per heavy atom. The molecule has 0 saturated heterocycles.